The average molecular weight is 280 g/mol. The standard InChI is InChI=1S/C13H14BrNO/c1-10(16)3-2-7-15-8-6-11-9-12(14)4-5-13(11)15/h4-6,8-9H,2-3,7H2,1H3. The summed E-state index contributed by atoms with van der Waals surface area (Å²) >= 11 is 3.46. The summed E-state index contributed by atoms with van der Waals surface area (Å²) in [5, 5.41) is 1.23. The van der Waals surface area contributed by atoms with Crippen molar-refractivity contribution in [1.29, 1.82) is 0 Å². The fraction of sp³-hybridized carbons (Fsp3) is 0.308. The van der Waals surface area contributed by atoms with E-state index in [1.807, 2.05) is 6.07 Å². The van der Waals surface area contributed by atoms with Crippen molar-refractivity contribution in [3.05, 3.63) is 34.9 Å². The Morgan fingerprint density at radius 1 is 1.38 bits per heavy atom. The lowest BCUT2D eigenvalue weighted by atomic mass is 10.2. The van der Waals surface area contributed by atoms with Crippen LogP contribution in [0.5, 0.6) is 0 Å². The zero-order chi connectivity index (χ0) is 11.5. The minimum absolute atomic E-state index is 0.263. The molecule has 0 aliphatic heterocycles. The van der Waals surface area contributed by atoms with Crippen molar-refractivity contribution in [3.63, 3.8) is 0 Å². The first-order valence-electron chi connectivity index (χ1n) is 5.40. The molecule has 0 saturated heterocycles. The lowest BCUT2D eigenvalue weighted by molar-refractivity contribution is -0.117. The Kier molecular flexibility index (Phi) is 3.44. The van der Waals surface area contributed by atoms with E-state index in [-0.39, 0.29) is 5.78 Å². The van der Waals surface area contributed by atoms with E-state index < -0.39 is 0 Å². The van der Waals surface area contributed by atoms with Gasteiger partial charge in [-0.05, 0) is 37.6 Å². The van der Waals surface area contributed by atoms with Crippen LogP contribution in [-0.2, 0) is 11.3 Å². The topological polar surface area (TPSA) is 22.0 Å². The third kappa shape index (κ3) is 2.53. The van der Waals surface area contributed by atoms with Crippen LogP contribution < -0.4 is 0 Å². The van der Waals surface area contributed by atoms with Crippen molar-refractivity contribution >= 4 is 32.6 Å². The summed E-state index contributed by atoms with van der Waals surface area (Å²) in [6.07, 6.45) is 3.66. The van der Waals surface area contributed by atoms with Gasteiger partial charge in [-0.15, -0.1) is 0 Å². The summed E-state index contributed by atoms with van der Waals surface area (Å²) in [5.74, 6) is 0.263. The number of ketones is 1. The van der Waals surface area contributed by atoms with Gasteiger partial charge in [0.15, 0.2) is 0 Å². The molecule has 0 atom stereocenters. The molecule has 1 heterocycles. The van der Waals surface area contributed by atoms with Crippen LogP contribution in [0.4, 0.5) is 0 Å². The van der Waals surface area contributed by atoms with Crippen molar-refractivity contribution < 1.29 is 4.79 Å². The second kappa shape index (κ2) is 4.83. The molecule has 1 aromatic heterocycles. The lowest BCUT2D eigenvalue weighted by Crippen LogP contribution is -1.98. The summed E-state index contributed by atoms with van der Waals surface area (Å²) in [7, 11) is 0. The maximum absolute atomic E-state index is 10.9. The van der Waals surface area contributed by atoms with E-state index in [2.05, 4.69) is 44.9 Å². The van der Waals surface area contributed by atoms with Crippen LogP contribution >= 0.6 is 15.9 Å². The molecule has 84 valence electrons. The highest BCUT2D eigenvalue weighted by atomic mass is 79.9. The molecule has 0 bridgehead atoms. The van der Waals surface area contributed by atoms with Crippen molar-refractivity contribution in [1.82, 2.24) is 4.57 Å². The first kappa shape index (κ1) is 11.4. The van der Waals surface area contributed by atoms with Crippen molar-refractivity contribution in [2.75, 3.05) is 0 Å². The molecule has 16 heavy (non-hydrogen) atoms. The highest BCUT2D eigenvalue weighted by Crippen LogP contribution is 2.21. The van der Waals surface area contributed by atoms with Crippen LogP contribution in [0.15, 0.2) is 34.9 Å². The van der Waals surface area contributed by atoms with Gasteiger partial charge in [0.25, 0.3) is 0 Å². The number of carbonyl (C=O) groups is 1. The van der Waals surface area contributed by atoms with E-state index in [0.29, 0.717) is 6.42 Å². The second-order valence-corrected chi connectivity index (χ2v) is 4.93. The Morgan fingerprint density at radius 2 is 2.19 bits per heavy atom. The monoisotopic (exact) mass is 279 g/mol. The molecule has 2 rings (SSSR count). The lowest BCUT2D eigenvalue weighted by Gasteiger charge is -2.04. The minimum atomic E-state index is 0.263. The summed E-state index contributed by atoms with van der Waals surface area (Å²) in [4.78, 5) is 10.9. The molecule has 0 amide bonds. The SMILES string of the molecule is CC(=O)CCCn1ccc2cc(Br)ccc21. The molecular weight excluding hydrogens is 266 g/mol. The van der Waals surface area contributed by atoms with E-state index in [9.17, 15) is 4.79 Å². The van der Waals surface area contributed by atoms with Crippen LogP contribution in [0.3, 0.4) is 0 Å². The van der Waals surface area contributed by atoms with Gasteiger partial charge in [0.1, 0.15) is 5.78 Å². The van der Waals surface area contributed by atoms with Gasteiger partial charge in [0.05, 0.1) is 0 Å². The predicted molar refractivity (Wildman–Crippen MR) is 69.6 cm³/mol. The van der Waals surface area contributed by atoms with Crippen LogP contribution in [0.25, 0.3) is 10.9 Å². The van der Waals surface area contributed by atoms with Crippen molar-refractivity contribution in [3.8, 4) is 0 Å². The third-order valence-electron chi connectivity index (χ3n) is 2.66. The van der Waals surface area contributed by atoms with Gasteiger partial charge in [-0.25, -0.2) is 0 Å². The smallest absolute Gasteiger partial charge is 0.129 e. The maximum Gasteiger partial charge on any atom is 0.129 e. The summed E-state index contributed by atoms with van der Waals surface area (Å²) in [6, 6.07) is 8.36. The molecule has 0 aliphatic rings. The molecule has 0 radical (unpaired) electrons. The van der Waals surface area contributed by atoms with Gasteiger partial charge in [0.2, 0.25) is 0 Å². The number of hydrogen-bond acceptors (Lipinski definition) is 1. The first-order valence-corrected chi connectivity index (χ1v) is 6.20. The second-order valence-electron chi connectivity index (χ2n) is 4.02. The molecule has 0 aliphatic carbocycles. The number of aromatic nitrogens is 1. The minimum Gasteiger partial charge on any atom is -0.347 e. The Morgan fingerprint density at radius 3 is 2.94 bits per heavy atom. The summed E-state index contributed by atoms with van der Waals surface area (Å²) in [5.41, 5.74) is 1.23. The van der Waals surface area contributed by atoms with Gasteiger partial charge >= 0.3 is 0 Å². The summed E-state index contributed by atoms with van der Waals surface area (Å²) in [6.45, 7) is 2.55. The van der Waals surface area contributed by atoms with Crippen LogP contribution in [0.2, 0.25) is 0 Å². The normalized spacial score (nSPS) is 10.9. The number of rotatable bonds is 4. The molecule has 1 aromatic carbocycles. The quantitative estimate of drug-likeness (QED) is 0.835. The Labute approximate surface area is 103 Å². The zero-order valence-corrected chi connectivity index (χ0v) is 10.8. The van der Waals surface area contributed by atoms with E-state index in [0.717, 1.165) is 17.4 Å². The number of hydrogen-bond donors (Lipinski definition) is 0. The number of fused-ring (bicyclic) bond motifs is 1. The summed E-state index contributed by atoms with van der Waals surface area (Å²) < 4.78 is 3.30. The van der Waals surface area contributed by atoms with E-state index in [1.165, 1.54) is 10.9 Å². The molecule has 0 fully saturated rings. The molecule has 0 saturated carbocycles. The number of halogens is 1. The van der Waals surface area contributed by atoms with Crippen LogP contribution in [-0.4, -0.2) is 10.4 Å². The largest absolute Gasteiger partial charge is 0.347 e. The molecule has 2 nitrogen and oxygen atoms in total. The predicted octanol–water partition coefficient (Wildman–Crippen LogP) is 3.77. The van der Waals surface area contributed by atoms with E-state index in [1.54, 1.807) is 6.92 Å². The van der Waals surface area contributed by atoms with Crippen molar-refractivity contribution in [2.24, 2.45) is 0 Å². The first-order chi connectivity index (χ1) is 7.66. The molecular formula is C13H14BrNO. The van der Waals surface area contributed by atoms with Gasteiger partial charge in [-0.1, -0.05) is 15.9 Å². The highest BCUT2D eigenvalue weighted by molar-refractivity contribution is 9.10. The molecule has 3 heteroatoms. The Hall–Kier alpha value is -1.09. The van der Waals surface area contributed by atoms with Crippen LogP contribution in [0.1, 0.15) is 19.8 Å². The van der Waals surface area contributed by atoms with Gasteiger partial charge in [-0.3, -0.25) is 0 Å². The number of Topliss-reactive ketones (excluding diaryl/α,β-unsaturated/α-hetero) is 1. The number of carbonyl (C=O) groups excluding carboxylic acids is 1. The fourth-order valence-electron chi connectivity index (χ4n) is 1.86. The maximum atomic E-state index is 10.9. The highest BCUT2D eigenvalue weighted by Gasteiger charge is 2.01. The fourth-order valence-corrected chi connectivity index (χ4v) is 2.24. The van der Waals surface area contributed by atoms with Gasteiger partial charge in [0, 0.05) is 34.5 Å². The third-order valence-corrected chi connectivity index (χ3v) is 3.15. The van der Waals surface area contributed by atoms with Crippen molar-refractivity contribution in [2.45, 2.75) is 26.3 Å². The number of benzene rings is 1. The van der Waals surface area contributed by atoms with Gasteiger partial charge < -0.3 is 9.36 Å². The van der Waals surface area contributed by atoms with Gasteiger partial charge in [-0.2, -0.15) is 0 Å². The Balaban J connectivity index is 2.15. The molecule has 0 spiro atoms. The molecule has 0 N–H and O–H groups in total. The molecule has 0 unspecified atom stereocenters. The van der Waals surface area contributed by atoms with E-state index in [4.69, 9.17) is 0 Å². The zero-order valence-electron chi connectivity index (χ0n) is 9.24. The molecule has 2 aromatic rings. The number of aryl methyl sites for hydroxylation is 1. The van der Waals surface area contributed by atoms with E-state index >= 15 is 0 Å². The Bertz CT molecular complexity index is 516. The average Bonchev–Trinajstić information content (AvgIpc) is 2.60. The van der Waals surface area contributed by atoms with Crippen LogP contribution in [0, 0.1) is 0 Å². The number of nitrogens with zero attached hydrogens (tertiary/aromatic N) is 1.